The Morgan fingerprint density at radius 1 is 1.03 bits per heavy atom. The number of carbonyl (C=O) groups excluding carboxylic acids is 1. The second kappa shape index (κ2) is 11.9. The number of methoxy groups -OCH3 is 2. The molecule has 8 nitrogen and oxygen atoms in total. The van der Waals surface area contributed by atoms with Crippen LogP contribution in [0.25, 0.3) is 0 Å². The first-order valence-corrected chi connectivity index (χ1v) is 13.5. The van der Waals surface area contributed by atoms with Gasteiger partial charge in [-0.2, -0.15) is 8.42 Å². The Morgan fingerprint density at radius 2 is 1.78 bits per heavy atom. The molecule has 1 amide bonds. The maximum Gasteiger partial charge on any atom is 0.339 e. The van der Waals surface area contributed by atoms with Gasteiger partial charge in [0.25, 0.3) is 5.91 Å². The summed E-state index contributed by atoms with van der Waals surface area (Å²) >= 11 is 6.31. The molecule has 10 heteroatoms. The van der Waals surface area contributed by atoms with Gasteiger partial charge in [-0.3, -0.25) is 4.79 Å². The van der Waals surface area contributed by atoms with E-state index in [1.807, 2.05) is 0 Å². The fourth-order valence-corrected chi connectivity index (χ4v) is 5.22. The standard InChI is InChI=1S/C27H28ClNO7S/c1-33-20-10-12-22(13-11-20)37(31,32)36-26-16-19(9-14-25(26)34-2)17-29(18-21-6-5-15-35-21)27(30)23-7-3-4-8-24(23)28/h3-4,7-14,16,21H,5-6,15,17-18H2,1-2H3/t21-/m0/s1. The first-order chi connectivity index (χ1) is 17.8. The van der Waals surface area contributed by atoms with Crippen molar-refractivity contribution in [1.29, 1.82) is 0 Å². The summed E-state index contributed by atoms with van der Waals surface area (Å²) in [7, 11) is -1.24. The van der Waals surface area contributed by atoms with Crippen LogP contribution < -0.4 is 13.7 Å². The lowest BCUT2D eigenvalue weighted by molar-refractivity contribution is 0.0507. The molecule has 1 aliphatic heterocycles. The second-order valence-corrected chi connectivity index (χ2v) is 10.5. The van der Waals surface area contributed by atoms with Crippen LogP contribution in [0, 0.1) is 0 Å². The third-order valence-corrected chi connectivity index (χ3v) is 7.57. The Labute approximate surface area is 221 Å². The lowest BCUT2D eigenvalue weighted by atomic mass is 10.1. The zero-order valence-corrected chi connectivity index (χ0v) is 22.1. The summed E-state index contributed by atoms with van der Waals surface area (Å²) in [5.74, 6) is 0.528. The molecular formula is C27H28ClNO7S. The molecule has 1 saturated heterocycles. The fourth-order valence-electron chi connectivity index (χ4n) is 4.07. The number of nitrogens with zero attached hydrogens (tertiary/aromatic N) is 1. The summed E-state index contributed by atoms with van der Waals surface area (Å²) in [5.41, 5.74) is 1.04. The van der Waals surface area contributed by atoms with Crippen molar-refractivity contribution >= 4 is 27.6 Å². The summed E-state index contributed by atoms with van der Waals surface area (Å²) in [4.78, 5) is 15.1. The number of benzene rings is 3. The van der Waals surface area contributed by atoms with E-state index in [1.165, 1.54) is 38.5 Å². The molecule has 4 rings (SSSR count). The zero-order chi connectivity index (χ0) is 26.4. The smallest absolute Gasteiger partial charge is 0.339 e. The third kappa shape index (κ3) is 6.54. The van der Waals surface area contributed by atoms with Gasteiger partial charge in [-0.15, -0.1) is 0 Å². The molecule has 1 fully saturated rings. The number of hydrogen-bond acceptors (Lipinski definition) is 7. The van der Waals surface area contributed by atoms with Crippen molar-refractivity contribution in [3.05, 3.63) is 82.9 Å². The molecule has 0 aliphatic carbocycles. The van der Waals surface area contributed by atoms with Gasteiger partial charge in [0.2, 0.25) is 0 Å². The first-order valence-electron chi connectivity index (χ1n) is 11.7. The van der Waals surface area contributed by atoms with Crippen LogP contribution in [0.4, 0.5) is 0 Å². The van der Waals surface area contributed by atoms with E-state index in [9.17, 15) is 13.2 Å². The van der Waals surface area contributed by atoms with E-state index >= 15 is 0 Å². The monoisotopic (exact) mass is 545 g/mol. The van der Waals surface area contributed by atoms with Gasteiger partial charge in [0.15, 0.2) is 11.5 Å². The van der Waals surface area contributed by atoms with Crippen molar-refractivity contribution in [3.8, 4) is 17.2 Å². The van der Waals surface area contributed by atoms with Crippen molar-refractivity contribution in [2.45, 2.75) is 30.4 Å². The molecule has 1 heterocycles. The molecule has 37 heavy (non-hydrogen) atoms. The second-order valence-electron chi connectivity index (χ2n) is 8.50. The number of rotatable bonds is 10. The van der Waals surface area contributed by atoms with Gasteiger partial charge in [-0.25, -0.2) is 0 Å². The van der Waals surface area contributed by atoms with E-state index in [0.29, 0.717) is 35.1 Å². The molecule has 0 radical (unpaired) electrons. The summed E-state index contributed by atoms with van der Waals surface area (Å²) in [6.07, 6.45) is 1.70. The van der Waals surface area contributed by atoms with E-state index in [1.54, 1.807) is 47.4 Å². The molecule has 0 N–H and O–H groups in total. The zero-order valence-electron chi connectivity index (χ0n) is 20.6. The molecule has 196 valence electrons. The maximum atomic E-state index is 13.5. The Hall–Kier alpha value is -3.27. The predicted molar refractivity (Wildman–Crippen MR) is 139 cm³/mol. The molecular weight excluding hydrogens is 518 g/mol. The Morgan fingerprint density at radius 3 is 2.43 bits per heavy atom. The molecule has 0 bridgehead atoms. The van der Waals surface area contributed by atoms with E-state index in [-0.39, 0.29) is 35.0 Å². The van der Waals surface area contributed by atoms with Gasteiger partial charge in [-0.05, 0) is 66.9 Å². The highest BCUT2D eigenvalue weighted by atomic mass is 35.5. The predicted octanol–water partition coefficient (Wildman–Crippen LogP) is 4.95. The first kappa shape index (κ1) is 26.8. The molecule has 1 aliphatic rings. The van der Waals surface area contributed by atoms with Gasteiger partial charge in [0.1, 0.15) is 10.6 Å². The van der Waals surface area contributed by atoms with Crippen LogP contribution in [0.5, 0.6) is 17.2 Å². The number of carbonyl (C=O) groups is 1. The van der Waals surface area contributed by atoms with Gasteiger partial charge in [-0.1, -0.05) is 29.8 Å². The van der Waals surface area contributed by atoms with Crippen LogP contribution in [0.15, 0.2) is 71.6 Å². The molecule has 1 atom stereocenters. The molecule has 0 aromatic heterocycles. The minimum atomic E-state index is -4.15. The Bertz CT molecular complexity index is 1340. The molecule has 3 aromatic carbocycles. The van der Waals surface area contributed by atoms with Gasteiger partial charge in [0.05, 0.1) is 30.9 Å². The quantitative estimate of drug-likeness (QED) is 0.333. The van der Waals surface area contributed by atoms with Crippen LogP contribution in [0.2, 0.25) is 5.02 Å². The lowest BCUT2D eigenvalue weighted by Crippen LogP contribution is -2.37. The summed E-state index contributed by atoms with van der Waals surface area (Å²) in [6.45, 7) is 1.21. The summed E-state index contributed by atoms with van der Waals surface area (Å²) < 4.78 is 47.6. The van der Waals surface area contributed by atoms with Crippen molar-refractivity contribution < 1.29 is 31.6 Å². The van der Waals surface area contributed by atoms with Gasteiger partial charge >= 0.3 is 10.1 Å². The molecule has 0 saturated carbocycles. The van der Waals surface area contributed by atoms with Crippen LogP contribution in [-0.4, -0.2) is 52.7 Å². The van der Waals surface area contributed by atoms with Crippen LogP contribution in [0.1, 0.15) is 28.8 Å². The van der Waals surface area contributed by atoms with Crippen molar-refractivity contribution in [2.24, 2.45) is 0 Å². The molecule has 0 spiro atoms. The summed E-state index contributed by atoms with van der Waals surface area (Å²) in [5, 5.41) is 0.356. The number of amides is 1. The van der Waals surface area contributed by atoms with Crippen LogP contribution in [0.3, 0.4) is 0 Å². The largest absolute Gasteiger partial charge is 0.497 e. The fraction of sp³-hybridized carbons (Fsp3) is 0.296. The van der Waals surface area contributed by atoms with E-state index in [4.69, 9.17) is 30.0 Å². The molecule has 0 unspecified atom stereocenters. The van der Waals surface area contributed by atoms with Crippen molar-refractivity contribution in [3.63, 3.8) is 0 Å². The van der Waals surface area contributed by atoms with E-state index in [0.717, 1.165) is 12.8 Å². The summed E-state index contributed by atoms with van der Waals surface area (Å²) in [6, 6.07) is 17.7. The average molecular weight is 546 g/mol. The highest BCUT2D eigenvalue weighted by molar-refractivity contribution is 7.87. The molecule has 3 aromatic rings. The topological polar surface area (TPSA) is 91.4 Å². The van der Waals surface area contributed by atoms with E-state index < -0.39 is 10.1 Å². The van der Waals surface area contributed by atoms with Crippen LogP contribution in [-0.2, 0) is 21.4 Å². The lowest BCUT2D eigenvalue weighted by Gasteiger charge is -2.26. The third-order valence-electron chi connectivity index (χ3n) is 5.99. The normalized spacial score (nSPS) is 15.3. The number of hydrogen-bond donors (Lipinski definition) is 0. The SMILES string of the molecule is COc1ccc(S(=O)(=O)Oc2cc(CN(C[C@@H]3CCCO3)C(=O)c3ccccc3Cl)ccc2OC)cc1. The average Bonchev–Trinajstić information content (AvgIpc) is 3.41. The highest BCUT2D eigenvalue weighted by Gasteiger charge is 2.26. The number of halogens is 1. The van der Waals surface area contributed by atoms with E-state index in [2.05, 4.69) is 0 Å². The van der Waals surface area contributed by atoms with Gasteiger partial charge in [0, 0.05) is 19.7 Å². The Balaban J connectivity index is 1.61. The minimum absolute atomic E-state index is 0.0121. The highest BCUT2D eigenvalue weighted by Crippen LogP contribution is 2.32. The Kier molecular flexibility index (Phi) is 8.58. The van der Waals surface area contributed by atoms with Crippen LogP contribution >= 0.6 is 11.6 Å². The van der Waals surface area contributed by atoms with Crippen molar-refractivity contribution in [1.82, 2.24) is 4.90 Å². The maximum absolute atomic E-state index is 13.5. The van der Waals surface area contributed by atoms with Gasteiger partial charge < -0.3 is 23.3 Å². The number of ether oxygens (including phenoxy) is 3. The minimum Gasteiger partial charge on any atom is -0.497 e. The van der Waals surface area contributed by atoms with Crippen molar-refractivity contribution in [2.75, 3.05) is 27.4 Å².